The van der Waals surface area contributed by atoms with Crippen LogP contribution in [0.5, 0.6) is 0 Å². The van der Waals surface area contributed by atoms with Crippen molar-refractivity contribution in [2.75, 3.05) is 13.6 Å². The number of carboxylic acid groups (broad SMARTS) is 1. The van der Waals surface area contributed by atoms with E-state index in [1.165, 1.54) is 5.56 Å². The lowest BCUT2D eigenvalue weighted by Gasteiger charge is -2.16. The number of carbonyl (C=O) groups is 1. The summed E-state index contributed by atoms with van der Waals surface area (Å²) in [4.78, 5) is 16.8. The molecular formula is C12H16N2O2. The normalized spacial score (nSPS) is 23.4. The molecular weight excluding hydrogens is 204 g/mol. The SMILES string of the molecule is CN(Cc1ccncc1)CC1CC1C(=O)O. The first-order valence-corrected chi connectivity index (χ1v) is 5.47. The van der Waals surface area contributed by atoms with Gasteiger partial charge >= 0.3 is 5.97 Å². The van der Waals surface area contributed by atoms with Crippen molar-refractivity contribution in [3.8, 4) is 0 Å². The van der Waals surface area contributed by atoms with E-state index < -0.39 is 5.97 Å². The zero-order valence-corrected chi connectivity index (χ0v) is 9.34. The van der Waals surface area contributed by atoms with E-state index in [4.69, 9.17) is 5.11 Å². The molecule has 86 valence electrons. The quantitative estimate of drug-likeness (QED) is 0.811. The van der Waals surface area contributed by atoms with E-state index in [2.05, 4.69) is 9.88 Å². The van der Waals surface area contributed by atoms with Gasteiger partial charge in [0.15, 0.2) is 0 Å². The van der Waals surface area contributed by atoms with Crippen LogP contribution in [0.15, 0.2) is 24.5 Å². The van der Waals surface area contributed by atoms with Crippen LogP contribution < -0.4 is 0 Å². The van der Waals surface area contributed by atoms with Gasteiger partial charge in [-0.3, -0.25) is 9.78 Å². The van der Waals surface area contributed by atoms with Gasteiger partial charge in [0.2, 0.25) is 0 Å². The Hall–Kier alpha value is -1.42. The highest BCUT2D eigenvalue weighted by atomic mass is 16.4. The fourth-order valence-electron chi connectivity index (χ4n) is 2.02. The minimum Gasteiger partial charge on any atom is -0.481 e. The Kier molecular flexibility index (Phi) is 3.19. The van der Waals surface area contributed by atoms with E-state index in [9.17, 15) is 4.79 Å². The van der Waals surface area contributed by atoms with E-state index in [0.717, 1.165) is 19.5 Å². The van der Waals surface area contributed by atoms with Gasteiger partial charge < -0.3 is 10.0 Å². The molecule has 1 aromatic rings. The van der Waals surface area contributed by atoms with E-state index in [1.54, 1.807) is 12.4 Å². The van der Waals surface area contributed by atoms with E-state index in [-0.39, 0.29) is 5.92 Å². The summed E-state index contributed by atoms with van der Waals surface area (Å²) in [7, 11) is 2.03. The molecule has 1 aliphatic rings. The fraction of sp³-hybridized carbons (Fsp3) is 0.500. The Morgan fingerprint density at radius 3 is 2.81 bits per heavy atom. The van der Waals surface area contributed by atoms with Gasteiger partial charge in [0.1, 0.15) is 0 Å². The van der Waals surface area contributed by atoms with Crippen LogP contribution in [0.4, 0.5) is 0 Å². The molecule has 0 amide bonds. The van der Waals surface area contributed by atoms with Crippen LogP contribution in [-0.2, 0) is 11.3 Å². The number of pyridine rings is 1. The fourth-order valence-corrected chi connectivity index (χ4v) is 2.02. The lowest BCUT2D eigenvalue weighted by Crippen LogP contribution is -2.21. The molecule has 0 aliphatic heterocycles. The van der Waals surface area contributed by atoms with Crippen LogP contribution in [0, 0.1) is 11.8 Å². The molecule has 2 atom stereocenters. The zero-order chi connectivity index (χ0) is 11.5. The zero-order valence-electron chi connectivity index (χ0n) is 9.34. The summed E-state index contributed by atoms with van der Waals surface area (Å²) < 4.78 is 0. The molecule has 0 radical (unpaired) electrons. The maximum Gasteiger partial charge on any atom is 0.306 e. The molecule has 2 rings (SSSR count). The predicted molar refractivity (Wildman–Crippen MR) is 59.8 cm³/mol. The molecule has 16 heavy (non-hydrogen) atoms. The molecule has 0 aromatic carbocycles. The highest BCUT2D eigenvalue weighted by Crippen LogP contribution is 2.39. The molecule has 0 bridgehead atoms. The second-order valence-corrected chi connectivity index (χ2v) is 4.49. The summed E-state index contributed by atoms with van der Waals surface area (Å²) in [5, 5.41) is 8.80. The van der Waals surface area contributed by atoms with Crippen molar-refractivity contribution in [3.05, 3.63) is 30.1 Å². The average molecular weight is 220 g/mol. The van der Waals surface area contributed by atoms with Crippen LogP contribution in [0.25, 0.3) is 0 Å². The van der Waals surface area contributed by atoms with Gasteiger partial charge in [-0.1, -0.05) is 0 Å². The minimum atomic E-state index is -0.651. The standard InChI is InChI=1S/C12H16N2O2/c1-14(7-9-2-4-13-5-3-9)8-10-6-11(10)12(15)16/h2-5,10-11H,6-8H2,1H3,(H,15,16). The largest absolute Gasteiger partial charge is 0.481 e. The average Bonchev–Trinajstić information content (AvgIpc) is 2.98. The Balaban J connectivity index is 1.78. The van der Waals surface area contributed by atoms with Gasteiger partial charge in [-0.15, -0.1) is 0 Å². The van der Waals surface area contributed by atoms with Gasteiger partial charge in [0.05, 0.1) is 5.92 Å². The molecule has 2 unspecified atom stereocenters. The van der Waals surface area contributed by atoms with Crippen molar-refractivity contribution in [1.29, 1.82) is 0 Å². The highest BCUT2D eigenvalue weighted by molar-refractivity contribution is 5.73. The maximum absolute atomic E-state index is 10.7. The molecule has 4 heteroatoms. The van der Waals surface area contributed by atoms with Crippen LogP contribution in [0.2, 0.25) is 0 Å². The first-order chi connectivity index (χ1) is 7.66. The van der Waals surface area contributed by atoms with Crippen molar-refractivity contribution >= 4 is 5.97 Å². The molecule has 1 heterocycles. The maximum atomic E-state index is 10.7. The number of rotatable bonds is 5. The number of aliphatic carboxylic acids is 1. The number of aromatic nitrogens is 1. The Bertz CT molecular complexity index is 367. The molecule has 0 spiro atoms. The van der Waals surface area contributed by atoms with Crippen LogP contribution in [0.3, 0.4) is 0 Å². The van der Waals surface area contributed by atoms with Crippen LogP contribution >= 0.6 is 0 Å². The number of hydrogen-bond donors (Lipinski definition) is 1. The summed E-state index contributed by atoms with van der Waals surface area (Å²) in [5.41, 5.74) is 1.21. The molecule has 4 nitrogen and oxygen atoms in total. The van der Waals surface area contributed by atoms with Crippen molar-refractivity contribution in [2.24, 2.45) is 11.8 Å². The van der Waals surface area contributed by atoms with Gasteiger partial charge in [0, 0.05) is 25.5 Å². The molecule has 1 aliphatic carbocycles. The third-order valence-corrected chi connectivity index (χ3v) is 2.99. The summed E-state index contributed by atoms with van der Waals surface area (Å²) in [6.07, 6.45) is 4.39. The van der Waals surface area contributed by atoms with E-state index in [1.807, 2.05) is 19.2 Å². The molecule has 1 fully saturated rings. The highest BCUT2D eigenvalue weighted by Gasteiger charge is 2.43. The topological polar surface area (TPSA) is 53.4 Å². The summed E-state index contributed by atoms with van der Waals surface area (Å²) >= 11 is 0. The Labute approximate surface area is 94.9 Å². The number of nitrogens with zero attached hydrogens (tertiary/aromatic N) is 2. The van der Waals surface area contributed by atoms with Gasteiger partial charge in [0.25, 0.3) is 0 Å². The number of carboxylic acids is 1. The second-order valence-electron chi connectivity index (χ2n) is 4.49. The van der Waals surface area contributed by atoms with Crippen molar-refractivity contribution in [2.45, 2.75) is 13.0 Å². The summed E-state index contributed by atoms with van der Waals surface area (Å²) in [6.45, 7) is 1.71. The second kappa shape index (κ2) is 4.61. The van der Waals surface area contributed by atoms with Crippen molar-refractivity contribution in [3.63, 3.8) is 0 Å². The van der Waals surface area contributed by atoms with Gasteiger partial charge in [-0.05, 0) is 37.1 Å². The lowest BCUT2D eigenvalue weighted by molar-refractivity contribution is -0.138. The molecule has 0 saturated heterocycles. The third kappa shape index (κ3) is 2.79. The van der Waals surface area contributed by atoms with Crippen molar-refractivity contribution in [1.82, 2.24) is 9.88 Å². The Morgan fingerprint density at radius 2 is 2.25 bits per heavy atom. The smallest absolute Gasteiger partial charge is 0.306 e. The molecule has 1 N–H and O–H groups in total. The minimum absolute atomic E-state index is 0.111. The first-order valence-electron chi connectivity index (χ1n) is 5.47. The van der Waals surface area contributed by atoms with Crippen molar-refractivity contribution < 1.29 is 9.90 Å². The molecule has 1 saturated carbocycles. The summed E-state index contributed by atoms with van der Waals surface area (Å²) in [5.74, 6) is -0.425. The van der Waals surface area contributed by atoms with Gasteiger partial charge in [-0.25, -0.2) is 0 Å². The first kappa shape index (κ1) is 11.1. The predicted octanol–water partition coefficient (Wildman–Crippen LogP) is 1.23. The van der Waals surface area contributed by atoms with E-state index >= 15 is 0 Å². The Morgan fingerprint density at radius 1 is 1.56 bits per heavy atom. The lowest BCUT2D eigenvalue weighted by atomic mass is 10.2. The van der Waals surface area contributed by atoms with Crippen LogP contribution in [-0.4, -0.2) is 34.6 Å². The van der Waals surface area contributed by atoms with Gasteiger partial charge in [-0.2, -0.15) is 0 Å². The molecule has 1 aromatic heterocycles. The monoisotopic (exact) mass is 220 g/mol. The van der Waals surface area contributed by atoms with E-state index in [0.29, 0.717) is 5.92 Å². The number of hydrogen-bond acceptors (Lipinski definition) is 3. The summed E-state index contributed by atoms with van der Waals surface area (Å²) in [6, 6.07) is 3.97. The third-order valence-electron chi connectivity index (χ3n) is 2.99. The van der Waals surface area contributed by atoms with Crippen LogP contribution in [0.1, 0.15) is 12.0 Å².